The average molecular weight is 572 g/mol. The first-order valence-electron chi connectivity index (χ1n) is 12.4. The van der Waals surface area contributed by atoms with Gasteiger partial charge in [0, 0.05) is 23.3 Å². The third kappa shape index (κ3) is 7.42. The van der Waals surface area contributed by atoms with E-state index in [0.717, 1.165) is 27.8 Å². The number of ether oxygens (including phenoxy) is 1. The molecule has 4 aromatic rings. The van der Waals surface area contributed by atoms with Crippen LogP contribution in [0.3, 0.4) is 0 Å². The zero-order valence-corrected chi connectivity index (χ0v) is 23.5. The Morgan fingerprint density at radius 2 is 1.75 bits per heavy atom. The van der Waals surface area contributed by atoms with Crippen LogP contribution < -0.4 is 5.32 Å². The molecule has 3 aromatic carbocycles. The van der Waals surface area contributed by atoms with Gasteiger partial charge >= 0.3 is 24.8 Å². The summed E-state index contributed by atoms with van der Waals surface area (Å²) in [6.07, 6.45) is 3.38. The maximum absolute atomic E-state index is 13.4. The Labute approximate surface area is 255 Å². The van der Waals surface area contributed by atoms with Crippen molar-refractivity contribution in [2.24, 2.45) is 0 Å². The minimum absolute atomic E-state index is 0. The van der Waals surface area contributed by atoms with Gasteiger partial charge in [0.25, 0.3) is 5.91 Å². The van der Waals surface area contributed by atoms with Crippen molar-refractivity contribution in [3.63, 3.8) is 0 Å². The summed E-state index contributed by atoms with van der Waals surface area (Å²) in [6.45, 7) is 1.97. The van der Waals surface area contributed by atoms with Crippen LogP contribution >= 0.6 is 23.4 Å². The summed E-state index contributed by atoms with van der Waals surface area (Å²) in [4.78, 5) is 25.2. The van der Waals surface area contributed by atoms with Crippen LogP contribution in [0.25, 0.3) is 22.3 Å². The quantitative estimate of drug-likeness (QED) is 0.197. The van der Waals surface area contributed by atoms with E-state index in [1.54, 1.807) is 19.4 Å². The summed E-state index contributed by atoms with van der Waals surface area (Å²) in [5.74, 6) is -0.263. The van der Waals surface area contributed by atoms with Crippen LogP contribution in [0.5, 0.6) is 0 Å². The molecule has 0 radical (unpaired) electrons. The fourth-order valence-corrected chi connectivity index (χ4v) is 5.05. The monoisotopic (exact) mass is 571 g/mol. The fourth-order valence-electron chi connectivity index (χ4n) is 4.45. The number of nitrogens with one attached hydrogen (secondary N) is 1. The van der Waals surface area contributed by atoms with E-state index in [0.29, 0.717) is 34.1 Å². The van der Waals surface area contributed by atoms with Crippen molar-refractivity contribution >= 4 is 54.1 Å². The topological polar surface area (TPSA) is 88.8 Å². The molecule has 1 heterocycles. The van der Waals surface area contributed by atoms with Crippen molar-refractivity contribution in [2.45, 2.75) is 25.5 Å². The number of methoxy groups -OCH3 is 1. The molecule has 0 bridgehead atoms. The summed E-state index contributed by atoms with van der Waals surface area (Å²) in [5, 5.41) is 13.0. The van der Waals surface area contributed by atoms with Gasteiger partial charge in [0.05, 0.1) is 6.26 Å². The Bertz CT molecular complexity index is 1460. The first-order chi connectivity index (χ1) is 18.8. The maximum atomic E-state index is 13.4. The predicted molar refractivity (Wildman–Crippen MR) is 164 cm³/mol. The van der Waals surface area contributed by atoms with Crippen molar-refractivity contribution in [3.8, 4) is 22.3 Å². The van der Waals surface area contributed by atoms with Crippen molar-refractivity contribution in [1.82, 2.24) is 5.32 Å². The molecule has 0 fully saturated rings. The molecule has 2 unspecified atom stereocenters. The molecule has 0 aliphatic carbocycles. The van der Waals surface area contributed by atoms with Crippen molar-refractivity contribution in [3.05, 3.63) is 107 Å². The number of rotatable bonds is 11. The number of benzene rings is 3. The van der Waals surface area contributed by atoms with Crippen LogP contribution in [0, 0.1) is 6.92 Å². The third-order valence-electron chi connectivity index (χ3n) is 6.53. The molecule has 0 aliphatic heterocycles. The van der Waals surface area contributed by atoms with Crippen LogP contribution in [0.2, 0.25) is 5.02 Å². The van der Waals surface area contributed by atoms with Gasteiger partial charge in [0.2, 0.25) is 0 Å². The number of thioether (sulfide) groups is 1. The standard InChI is InChI=1S/C31H30ClNO5S.Li.H/c1-19-6-4-5-7-24(19)26-16-21(10-13-25(26)30(34)33-27(31(35)36)14-15-39-3)29(37-2)28-17-22(18-38-28)20-8-11-23(32)12-9-20;;/h4-13,16-18,27,29H,14-15H2,1-3H3,(H,33,34)(H,35,36);;. The third-order valence-corrected chi connectivity index (χ3v) is 7.43. The Morgan fingerprint density at radius 1 is 1.02 bits per heavy atom. The Hall–Kier alpha value is -2.92. The number of furan rings is 1. The SMILES string of the molecule is COC(c1ccc(C(=O)NC(CCSC)C(=O)O)c(-c2ccccc2C)c1)c1cc(-c2ccc(Cl)cc2)co1.[LiH]. The molecule has 40 heavy (non-hydrogen) atoms. The van der Waals surface area contributed by atoms with E-state index in [4.69, 9.17) is 20.8 Å². The molecule has 4 rings (SSSR count). The Kier molecular flexibility index (Phi) is 11.6. The number of aryl methyl sites for hydroxylation is 1. The summed E-state index contributed by atoms with van der Waals surface area (Å²) in [7, 11) is 1.60. The van der Waals surface area contributed by atoms with Gasteiger partial charge in [-0.2, -0.15) is 11.8 Å². The molecule has 2 atom stereocenters. The Balaban J connectivity index is 0.00000441. The molecule has 0 aliphatic rings. The molecule has 6 nitrogen and oxygen atoms in total. The van der Waals surface area contributed by atoms with Gasteiger partial charge < -0.3 is 19.6 Å². The van der Waals surface area contributed by atoms with Crippen molar-refractivity contribution < 1.29 is 23.8 Å². The molecular weight excluding hydrogens is 541 g/mol. The zero-order chi connectivity index (χ0) is 27.9. The van der Waals surface area contributed by atoms with Gasteiger partial charge in [0.15, 0.2) is 0 Å². The van der Waals surface area contributed by atoms with E-state index < -0.39 is 24.0 Å². The molecule has 9 heteroatoms. The fraction of sp³-hybridized carbons (Fsp3) is 0.226. The van der Waals surface area contributed by atoms with E-state index in [-0.39, 0.29) is 18.9 Å². The Morgan fingerprint density at radius 3 is 2.40 bits per heavy atom. The van der Waals surface area contributed by atoms with Crippen LogP contribution in [0.1, 0.15) is 39.8 Å². The molecular formula is C31H31ClLiNO5S. The second kappa shape index (κ2) is 14.6. The van der Waals surface area contributed by atoms with Crippen LogP contribution in [0.4, 0.5) is 0 Å². The molecule has 0 saturated carbocycles. The number of hydrogen-bond donors (Lipinski definition) is 2. The number of carbonyl (C=O) groups is 2. The molecule has 0 spiro atoms. The molecule has 2 N–H and O–H groups in total. The van der Waals surface area contributed by atoms with Crippen molar-refractivity contribution in [1.29, 1.82) is 0 Å². The van der Waals surface area contributed by atoms with Gasteiger partial charge in [-0.1, -0.05) is 54.1 Å². The first kappa shape index (κ1) is 31.6. The predicted octanol–water partition coefficient (Wildman–Crippen LogP) is 6.60. The molecule has 0 saturated heterocycles. The van der Waals surface area contributed by atoms with Gasteiger partial charge in [-0.15, -0.1) is 0 Å². The van der Waals surface area contributed by atoms with Crippen LogP contribution in [0.15, 0.2) is 83.5 Å². The summed E-state index contributed by atoms with van der Waals surface area (Å²) >= 11 is 7.57. The average Bonchev–Trinajstić information content (AvgIpc) is 3.41. The van der Waals surface area contributed by atoms with E-state index in [1.165, 1.54) is 11.8 Å². The zero-order valence-electron chi connectivity index (χ0n) is 21.9. The second-order valence-corrected chi connectivity index (χ2v) is 10.5. The van der Waals surface area contributed by atoms with Gasteiger partial charge in [-0.05, 0) is 83.5 Å². The normalized spacial score (nSPS) is 12.3. The number of hydrogen-bond acceptors (Lipinski definition) is 5. The first-order valence-corrected chi connectivity index (χ1v) is 14.2. The number of aliphatic carboxylic acids is 1. The van der Waals surface area contributed by atoms with E-state index in [9.17, 15) is 14.7 Å². The molecule has 1 aromatic heterocycles. The van der Waals surface area contributed by atoms with Crippen LogP contribution in [-0.4, -0.2) is 61.0 Å². The van der Waals surface area contributed by atoms with Gasteiger partial charge in [-0.25, -0.2) is 4.79 Å². The summed E-state index contributed by atoms with van der Waals surface area (Å²) in [5.41, 5.74) is 5.58. The van der Waals surface area contributed by atoms with E-state index >= 15 is 0 Å². The number of amides is 1. The number of carboxylic acids is 1. The summed E-state index contributed by atoms with van der Waals surface area (Å²) in [6, 6.07) is 21.6. The van der Waals surface area contributed by atoms with Gasteiger partial charge in [-0.3, -0.25) is 4.79 Å². The van der Waals surface area contributed by atoms with Gasteiger partial charge in [0.1, 0.15) is 17.9 Å². The number of halogens is 1. The van der Waals surface area contributed by atoms with E-state index in [2.05, 4.69) is 5.32 Å². The number of carbonyl (C=O) groups excluding carboxylic acids is 1. The minimum atomic E-state index is -1.06. The molecule has 204 valence electrons. The summed E-state index contributed by atoms with van der Waals surface area (Å²) < 4.78 is 11.8. The van der Waals surface area contributed by atoms with Crippen molar-refractivity contribution in [2.75, 3.05) is 19.1 Å². The second-order valence-electron chi connectivity index (χ2n) is 9.13. The molecule has 1 amide bonds. The number of carboxylic acid groups (broad SMARTS) is 1. The van der Waals surface area contributed by atoms with E-state index in [1.807, 2.05) is 79.9 Å². The van der Waals surface area contributed by atoms with Crippen LogP contribution in [-0.2, 0) is 9.53 Å².